The Hall–Kier alpha value is -3.28. The Labute approximate surface area is 145 Å². The fourth-order valence-corrected chi connectivity index (χ4v) is 2.45. The summed E-state index contributed by atoms with van der Waals surface area (Å²) in [5, 5.41) is 7.56. The number of hydrogen-bond donors (Lipinski definition) is 1. The Morgan fingerprint density at radius 3 is 2.44 bits per heavy atom. The predicted molar refractivity (Wildman–Crippen MR) is 96.9 cm³/mol. The van der Waals surface area contributed by atoms with Crippen molar-refractivity contribution in [2.75, 3.05) is 19.5 Å². The molecule has 0 aliphatic heterocycles. The Bertz CT molecular complexity index is 907. The van der Waals surface area contributed by atoms with E-state index in [-0.39, 0.29) is 5.56 Å². The van der Waals surface area contributed by atoms with Crippen LogP contribution >= 0.6 is 0 Å². The lowest BCUT2D eigenvalue weighted by atomic mass is 10.2. The Morgan fingerprint density at radius 2 is 1.72 bits per heavy atom. The van der Waals surface area contributed by atoms with Gasteiger partial charge < -0.3 is 14.8 Å². The minimum absolute atomic E-state index is 0.151. The quantitative estimate of drug-likeness (QED) is 0.749. The summed E-state index contributed by atoms with van der Waals surface area (Å²) in [5.41, 5.74) is 1.65. The molecule has 128 valence electrons. The van der Waals surface area contributed by atoms with E-state index in [1.54, 1.807) is 26.4 Å². The van der Waals surface area contributed by atoms with E-state index in [9.17, 15) is 4.79 Å². The number of anilines is 2. The third kappa shape index (κ3) is 3.98. The highest BCUT2D eigenvalue weighted by Crippen LogP contribution is 2.30. The molecule has 0 saturated heterocycles. The number of rotatable bonds is 6. The number of aromatic nitrogens is 2. The summed E-state index contributed by atoms with van der Waals surface area (Å²) in [6, 6.07) is 18.4. The Balaban J connectivity index is 1.84. The molecular formula is C19H19N3O3. The maximum absolute atomic E-state index is 12.0. The molecule has 0 aliphatic rings. The molecule has 0 aliphatic carbocycles. The van der Waals surface area contributed by atoms with E-state index in [0.29, 0.717) is 23.9 Å². The van der Waals surface area contributed by atoms with Gasteiger partial charge in [0.2, 0.25) is 0 Å². The average Bonchev–Trinajstić information content (AvgIpc) is 2.65. The van der Waals surface area contributed by atoms with Crippen molar-refractivity contribution in [3.63, 3.8) is 0 Å². The first kappa shape index (κ1) is 16.6. The van der Waals surface area contributed by atoms with Crippen molar-refractivity contribution in [1.29, 1.82) is 0 Å². The molecule has 0 bridgehead atoms. The van der Waals surface area contributed by atoms with Crippen LogP contribution in [0.15, 0.2) is 65.5 Å². The third-order valence-corrected chi connectivity index (χ3v) is 3.70. The van der Waals surface area contributed by atoms with Crippen LogP contribution in [0, 0.1) is 0 Å². The average molecular weight is 337 g/mol. The number of nitrogens with one attached hydrogen (secondary N) is 1. The lowest BCUT2D eigenvalue weighted by Crippen LogP contribution is -2.23. The van der Waals surface area contributed by atoms with E-state index < -0.39 is 0 Å². The first-order valence-electron chi connectivity index (χ1n) is 7.81. The molecule has 3 aromatic rings. The lowest BCUT2D eigenvalue weighted by Gasteiger charge is -2.12. The van der Waals surface area contributed by atoms with Crippen LogP contribution in [-0.2, 0) is 6.54 Å². The van der Waals surface area contributed by atoms with Gasteiger partial charge in [-0.25, -0.2) is 4.68 Å². The topological polar surface area (TPSA) is 65.4 Å². The number of benzene rings is 2. The van der Waals surface area contributed by atoms with Crippen molar-refractivity contribution >= 4 is 11.5 Å². The lowest BCUT2D eigenvalue weighted by molar-refractivity contribution is 0.355. The van der Waals surface area contributed by atoms with Gasteiger partial charge in [-0.2, -0.15) is 5.10 Å². The molecule has 0 radical (unpaired) electrons. The van der Waals surface area contributed by atoms with Gasteiger partial charge in [-0.1, -0.05) is 30.3 Å². The zero-order valence-electron chi connectivity index (χ0n) is 14.1. The van der Waals surface area contributed by atoms with Crippen LogP contribution in [0.25, 0.3) is 0 Å². The summed E-state index contributed by atoms with van der Waals surface area (Å²) >= 11 is 0. The third-order valence-electron chi connectivity index (χ3n) is 3.70. The molecule has 2 aromatic carbocycles. The smallest absolute Gasteiger partial charge is 0.267 e. The molecule has 0 atom stereocenters. The van der Waals surface area contributed by atoms with Gasteiger partial charge in [0.25, 0.3) is 5.56 Å². The maximum Gasteiger partial charge on any atom is 0.267 e. The number of nitrogens with zero attached hydrogens (tertiary/aromatic N) is 2. The first-order chi connectivity index (χ1) is 12.2. The summed E-state index contributed by atoms with van der Waals surface area (Å²) < 4.78 is 12.0. The van der Waals surface area contributed by atoms with Gasteiger partial charge in [-0.05, 0) is 23.8 Å². The molecule has 1 aromatic heterocycles. The van der Waals surface area contributed by atoms with Crippen molar-refractivity contribution in [3.05, 3.63) is 76.6 Å². The van der Waals surface area contributed by atoms with E-state index in [0.717, 1.165) is 11.3 Å². The van der Waals surface area contributed by atoms with Gasteiger partial charge in [-0.15, -0.1) is 0 Å². The fraction of sp³-hybridized carbons (Fsp3) is 0.158. The van der Waals surface area contributed by atoms with Crippen LogP contribution in [0.5, 0.6) is 11.5 Å². The molecule has 0 spiro atoms. The summed E-state index contributed by atoms with van der Waals surface area (Å²) in [7, 11) is 3.17. The molecule has 3 rings (SSSR count). The largest absolute Gasteiger partial charge is 0.493 e. The van der Waals surface area contributed by atoms with Gasteiger partial charge in [0.15, 0.2) is 17.3 Å². The highest BCUT2D eigenvalue weighted by atomic mass is 16.5. The summed E-state index contributed by atoms with van der Waals surface area (Å²) in [6.45, 7) is 0.418. The predicted octanol–water partition coefficient (Wildman–Crippen LogP) is 3.05. The van der Waals surface area contributed by atoms with Crippen LogP contribution in [-0.4, -0.2) is 24.0 Å². The van der Waals surface area contributed by atoms with Gasteiger partial charge in [0.1, 0.15) is 0 Å². The second-order valence-electron chi connectivity index (χ2n) is 5.39. The standard InChI is InChI=1S/C19H19N3O3/c1-24-16-9-8-15(12-17(16)25-2)20-18-10-11-19(23)22(21-18)13-14-6-4-3-5-7-14/h3-12H,13H2,1-2H3,(H,20,21). The molecule has 6 nitrogen and oxygen atoms in total. The minimum atomic E-state index is -0.151. The van der Waals surface area contributed by atoms with E-state index in [1.807, 2.05) is 42.5 Å². The molecule has 25 heavy (non-hydrogen) atoms. The Morgan fingerprint density at radius 1 is 0.960 bits per heavy atom. The normalized spacial score (nSPS) is 10.3. The van der Waals surface area contributed by atoms with Crippen LogP contribution in [0.2, 0.25) is 0 Å². The van der Waals surface area contributed by atoms with E-state index in [1.165, 1.54) is 10.7 Å². The molecule has 1 heterocycles. The molecule has 0 unspecified atom stereocenters. The van der Waals surface area contributed by atoms with Gasteiger partial charge in [0, 0.05) is 17.8 Å². The monoisotopic (exact) mass is 337 g/mol. The highest BCUT2D eigenvalue weighted by Gasteiger charge is 2.06. The van der Waals surface area contributed by atoms with E-state index in [4.69, 9.17) is 9.47 Å². The zero-order valence-corrected chi connectivity index (χ0v) is 14.1. The molecule has 1 N–H and O–H groups in total. The van der Waals surface area contributed by atoms with E-state index >= 15 is 0 Å². The molecule has 0 amide bonds. The van der Waals surface area contributed by atoms with Crippen molar-refractivity contribution in [2.45, 2.75) is 6.54 Å². The second kappa shape index (κ2) is 7.53. The number of hydrogen-bond acceptors (Lipinski definition) is 5. The SMILES string of the molecule is COc1ccc(Nc2ccc(=O)n(Cc3ccccc3)n2)cc1OC. The second-order valence-corrected chi connectivity index (χ2v) is 5.39. The summed E-state index contributed by atoms with van der Waals surface area (Å²) in [4.78, 5) is 12.0. The van der Waals surface area contributed by atoms with Crippen molar-refractivity contribution in [3.8, 4) is 11.5 Å². The summed E-state index contributed by atoms with van der Waals surface area (Å²) in [6.07, 6.45) is 0. The molecule has 0 fully saturated rings. The van der Waals surface area contributed by atoms with Crippen LogP contribution in [0.1, 0.15) is 5.56 Å². The fourth-order valence-electron chi connectivity index (χ4n) is 2.45. The van der Waals surface area contributed by atoms with Crippen LogP contribution in [0.4, 0.5) is 11.5 Å². The molecule has 6 heteroatoms. The zero-order chi connectivity index (χ0) is 17.6. The van der Waals surface area contributed by atoms with E-state index in [2.05, 4.69) is 10.4 Å². The number of ether oxygens (including phenoxy) is 2. The first-order valence-corrected chi connectivity index (χ1v) is 7.81. The van der Waals surface area contributed by atoms with Crippen molar-refractivity contribution in [1.82, 2.24) is 9.78 Å². The van der Waals surface area contributed by atoms with Crippen LogP contribution in [0.3, 0.4) is 0 Å². The summed E-state index contributed by atoms with van der Waals surface area (Å²) in [5.74, 6) is 1.84. The molecular weight excluding hydrogens is 318 g/mol. The highest BCUT2D eigenvalue weighted by molar-refractivity contribution is 5.61. The van der Waals surface area contributed by atoms with Gasteiger partial charge in [0.05, 0.1) is 20.8 Å². The minimum Gasteiger partial charge on any atom is -0.493 e. The van der Waals surface area contributed by atoms with Gasteiger partial charge in [-0.3, -0.25) is 4.79 Å². The van der Waals surface area contributed by atoms with Crippen LogP contribution < -0.4 is 20.3 Å². The van der Waals surface area contributed by atoms with Crippen molar-refractivity contribution < 1.29 is 9.47 Å². The maximum atomic E-state index is 12.0. The molecule has 0 saturated carbocycles. The number of methoxy groups -OCH3 is 2. The van der Waals surface area contributed by atoms with Crippen molar-refractivity contribution in [2.24, 2.45) is 0 Å². The van der Waals surface area contributed by atoms with Gasteiger partial charge >= 0.3 is 0 Å². The Kier molecular flexibility index (Phi) is 4.99.